The first-order valence-electron chi connectivity index (χ1n) is 9.90. The van der Waals surface area contributed by atoms with E-state index in [4.69, 9.17) is 20.4 Å². The van der Waals surface area contributed by atoms with E-state index in [-0.39, 0.29) is 0 Å². The fraction of sp³-hybridized carbons (Fsp3) is 0.500. The van der Waals surface area contributed by atoms with Gasteiger partial charge in [-0.2, -0.15) is 0 Å². The number of nitrogens with zero attached hydrogens (tertiary/aromatic N) is 6. The molecule has 1 aliphatic carbocycles. The average Bonchev–Trinajstić information content (AvgIpc) is 3.33. The van der Waals surface area contributed by atoms with Crippen LogP contribution < -0.4 is 10.6 Å². The molecule has 0 spiro atoms. The summed E-state index contributed by atoms with van der Waals surface area (Å²) in [6.07, 6.45) is 5.79. The van der Waals surface area contributed by atoms with Gasteiger partial charge < -0.3 is 19.9 Å². The Morgan fingerprint density at radius 3 is 2.71 bits per heavy atom. The average molecular weight is 377 g/mol. The summed E-state index contributed by atoms with van der Waals surface area (Å²) in [5.41, 5.74) is 8.91. The number of aromatic nitrogens is 5. The van der Waals surface area contributed by atoms with E-state index in [2.05, 4.69) is 39.3 Å². The summed E-state index contributed by atoms with van der Waals surface area (Å²) in [4.78, 5) is 21.1. The maximum atomic E-state index is 5.99. The molecule has 0 radical (unpaired) electrons. The second-order valence-corrected chi connectivity index (χ2v) is 8.61. The molecule has 2 N–H and O–H groups in total. The number of nitrogens with two attached hydrogens (primary N) is 1. The predicted molar refractivity (Wildman–Crippen MR) is 106 cm³/mol. The summed E-state index contributed by atoms with van der Waals surface area (Å²) in [5, 5.41) is 0. The van der Waals surface area contributed by atoms with Crippen molar-refractivity contribution in [3.8, 4) is 11.4 Å². The van der Waals surface area contributed by atoms with Crippen LogP contribution in [0.1, 0.15) is 32.5 Å². The van der Waals surface area contributed by atoms with Gasteiger partial charge in [0.05, 0.1) is 30.2 Å². The number of nitrogen functional groups attached to an aromatic ring is 1. The standard InChI is InChI=1S/C20H23N7O/c1-20(2)19-25-17-15(26(19)3-4-28-20)7-13(14-8-23-16(21)9-22-14)24-18(17)27-10-11-5-12(27)6-11/h7-9,11-12H,3-6,10H2,1-2H3,(H2,21,23). The summed E-state index contributed by atoms with van der Waals surface area (Å²) >= 11 is 0. The Kier molecular flexibility index (Phi) is 3.14. The summed E-state index contributed by atoms with van der Waals surface area (Å²) in [6, 6.07) is 2.66. The smallest absolute Gasteiger partial charge is 0.157 e. The monoisotopic (exact) mass is 377 g/mol. The molecule has 8 heteroatoms. The lowest BCUT2D eigenvalue weighted by atomic mass is 9.86. The second-order valence-electron chi connectivity index (χ2n) is 8.61. The Hall–Kier alpha value is -2.74. The summed E-state index contributed by atoms with van der Waals surface area (Å²) in [6.45, 7) is 6.68. The van der Waals surface area contributed by atoms with Crippen LogP contribution >= 0.6 is 0 Å². The molecular formula is C20H23N7O. The van der Waals surface area contributed by atoms with Gasteiger partial charge in [0, 0.05) is 19.1 Å². The van der Waals surface area contributed by atoms with E-state index in [0.717, 1.165) is 53.1 Å². The number of hydrogen-bond donors (Lipinski definition) is 1. The van der Waals surface area contributed by atoms with E-state index in [1.807, 2.05) is 0 Å². The molecular weight excluding hydrogens is 354 g/mol. The molecule has 4 aliphatic rings. The number of hydrogen-bond acceptors (Lipinski definition) is 7. The largest absolute Gasteiger partial charge is 0.382 e. The van der Waals surface area contributed by atoms with Gasteiger partial charge in [-0.3, -0.25) is 0 Å². The molecule has 144 valence electrons. The molecule has 0 atom stereocenters. The van der Waals surface area contributed by atoms with E-state index >= 15 is 0 Å². The highest BCUT2D eigenvalue weighted by atomic mass is 16.5. The van der Waals surface area contributed by atoms with Crippen LogP contribution in [0, 0.1) is 5.92 Å². The number of fused-ring (bicyclic) bond motifs is 4. The van der Waals surface area contributed by atoms with Crippen molar-refractivity contribution in [2.24, 2.45) is 5.92 Å². The lowest BCUT2D eigenvalue weighted by Gasteiger charge is -2.30. The molecule has 3 aromatic rings. The van der Waals surface area contributed by atoms with Crippen molar-refractivity contribution in [1.29, 1.82) is 0 Å². The van der Waals surface area contributed by atoms with E-state index in [1.54, 1.807) is 12.4 Å². The van der Waals surface area contributed by atoms with Crippen molar-refractivity contribution in [3.63, 3.8) is 0 Å². The van der Waals surface area contributed by atoms with Gasteiger partial charge in [0.2, 0.25) is 0 Å². The lowest BCUT2D eigenvalue weighted by molar-refractivity contribution is -0.0529. The topological polar surface area (TPSA) is 95.0 Å². The highest BCUT2D eigenvalue weighted by Gasteiger charge is 2.44. The highest BCUT2D eigenvalue weighted by Crippen LogP contribution is 2.45. The third kappa shape index (κ3) is 2.21. The van der Waals surface area contributed by atoms with Gasteiger partial charge in [-0.15, -0.1) is 0 Å². The van der Waals surface area contributed by atoms with E-state index in [1.165, 1.54) is 12.8 Å². The quantitative estimate of drug-likeness (QED) is 0.732. The zero-order valence-electron chi connectivity index (χ0n) is 16.1. The zero-order chi connectivity index (χ0) is 19.0. The molecule has 8 nitrogen and oxygen atoms in total. The minimum atomic E-state index is -0.414. The summed E-state index contributed by atoms with van der Waals surface area (Å²) in [7, 11) is 0. The fourth-order valence-electron chi connectivity index (χ4n) is 4.84. The molecule has 6 heterocycles. The van der Waals surface area contributed by atoms with Gasteiger partial charge in [0.1, 0.15) is 28.5 Å². The van der Waals surface area contributed by atoms with Crippen LogP contribution in [0.5, 0.6) is 0 Å². The lowest BCUT2D eigenvalue weighted by Crippen LogP contribution is -2.33. The number of imidazole rings is 1. The van der Waals surface area contributed by atoms with Crippen molar-refractivity contribution in [2.45, 2.75) is 44.9 Å². The number of ether oxygens (including phenoxy) is 1. The first-order chi connectivity index (χ1) is 13.5. The molecule has 0 amide bonds. The molecule has 0 aromatic carbocycles. The molecule has 7 rings (SSSR count). The molecule has 3 aromatic heterocycles. The Morgan fingerprint density at radius 2 is 2.00 bits per heavy atom. The van der Waals surface area contributed by atoms with Gasteiger partial charge in [-0.05, 0) is 38.7 Å². The van der Waals surface area contributed by atoms with E-state index in [9.17, 15) is 0 Å². The minimum absolute atomic E-state index is 0.408. The van der Waals surface area contributed by atoms with Crippen molar-refractivity contribution in [2.75, 3.05) is 23.8 Å². The van der Waals surface area contributed by atoms with Gasteiger partial charge in [0.25, 0.3) is 0 Å². The molecule has 2 saturated heterocycles. The van der Waals surface area contributed by atoms with Crippen molar-refractivity contribution >= 4 is 22.7 Å². The third-order valence-corrected chi connectivity index (χ3v) is 6.35. The first-order valence-corrected chi connectivity index (χ1v) is 9.90. The number of pyridine rings is 1. The van der Waals surface area contributed by atoms with Crippen LogP contribution in [0.2, 0.25) is 0 Å². The Balaban J connectivity index is 1.60. The third-order valence-electron chi connectivity index (χ3n) is 6.35. The van der Waals surface area contributed by atoms with Gasteiger partial charge in [-0.1, -0.05) is 0 Å². The number of rotatable bonds is 2. The SMILES string of the molecule is CC1(C)OCCn2c1nc1c(N3CC4CC3C4)nc(-c3cnc(N)cn3)cc12. The molecule has 2 bridgehead atoms. The van der Waals surface area contributed by atoms with Gasteiger partial charge in [0.15, 0.2) is 5.82 Å². The molecule has 0 unspecified atom stereocenters. The Labute approximate surface area is 162 Å². The molecule has 3 aliphatic heterocycles. The molecule has 3 fully saturated rings. The second kappa shape index (κ2) is 5.41. The van der Waals surface area contributed by atoms with Crippen LogP contribution in [0.4, 0.5) is 11.6 Å². The van der Waals surface area contributed by atoms with Gasteiger partial charge >= 0.3 is 0 Å². The predicted octanol–water partition coefficient (Wildman–Crippen LogP) is 2.33. The minimum Gasteiger partial charge on any atom is -0.382 e. The summed E-state index contributed by atoms with van der Waals surface area (Å²) < 4.78 is 8.27. The van der Waals surface area contributed by atoms with Crippen molar-refractivity contribution in [1.82, 2.24) is 24.5 Å². The summed E-state index contributed by atoms with van der Waals surface area (Å²) in [5.74, 6) is 3.13. The fourth-order valence-corrected chi connectivity index (χ4v) is 4.84. The van der Waals surface area contributed by atoms with Gasteiger partial charge in [-0.25, -0.2) is 19.9 Å². The van der Waals surface area contributed by atoms with Crippen LogP contribution in [0.25, 0.3) is 22.4 Å². The maximum absolute atomic E-state index is 5.99. The van der Waals surface area contributed by atoms with Crippen molar-refractivity contribution in [3.05, 3.63) is 24.3 Å². The molecule has 1 saturated carbocycles. The molecule has 28 heavy (non-hydrogen) atoms. The first kappa shape index (κ1) is 16.2. The van der Waals surface area contributed by atoms with Crippen LogP contribution in [-0.2, 0) is 16.9 Å². The van der Waals surface area contributed by atoms with Crippen LogP contribution in [0.3, 0.4) is 0 Å². The Morgan fingerprint density at radius 1 is 1.14 bits per heavy atom. The van der Waals surface area contributed by atoms with E-state index < -0.39 is 5.60 Å². The maximum Gasteiger partial charge on any atom is 0.157 e. The Bertz CT molecular complexity index is 1080. The highest BCUT2D eigenvalue weighted by molar-refractivity contribution is 5.91. The van der Waals surface area contributed by atoms with Crippen molar-refractivity contribution < 1.29 is 4.74 Å². The van der Waals surface area contributed by atoms with Crippen LogP contribution in [-0.4, -0.2) is 43.7 Å². The van der Waals surface area contributed by atoms with E-state index in [0.29, 0.717) is 18.5 Å². The zero-order valence-corrected chi connectivity index (χ0v) is 16.1. The normalized spacial score (nSPS) is 25.0. The van der Waals surface area contributed by atoms with Crippen LogP contribution in [0.15, 0.2) is 18.5 Å². The number of anilines is 2.